The van der Waals surface area contributed by atoms with Crippen LogP contribution in [-0.4, -0.2) is 53.8 Å². The van der Waals surface area contributed by atoms with E-state index in [2.05, 4.69) is 4.74 Å². The molecule has 3 amide bonds. The first-order valence-electron chi connectivity index (χ1n) is 11.5. The van der Waals surface area contributed by atoms with E-state index >= 15 is 0 Å². The highest BCUT2D eigenvalue weighted by atomic mass is 19.1. The van der Waals surface area contributed by atoms with E-state index < -0.39 is 60.5 Å². The third-order valence-electron chi connectivity index (χ3n) is 7.07. The number of fused-ring (bicyclic) bond motifs is 3. The number of hydrogen-bond acceptors (Lipinski definition) is 8. The summed E-state index contributed by atoms with van der Waals surface area (Å²) in [5.74, 6) is -4.60. The van der Waals surface area contributed by atoms with Crippen LogP contribution in [-0.2, 0) is 19.0 Å². The molecular formula is C25H23BFNO8. The molecule has 0 spiro atoms. The number of halogens is 1. The Balaban J connectivity index is 1.52. The molecule has 2 aromatic rings. The van der Waals surface area contributed by atoms with Gasteiger partial charge in [-0.05, 0) is 59.6 Å². The molecule has 2 saturated heterocycles. The normalized spacial score (nSPS) is 25.5. The maximum atomic E-state index is 14.0. The highest BCUT2D eigenvalue weighted by Gasteiger charge is 2.59. The quantitative estimate of drug-likeness (QED) is 0.491. The van der Waals surface area contributed by atoms with E-state index in [0.717, 1.165) is 13.2 Å². The number of phenolic OH excluding ortho intramolecular Hbond substituents is 1. The first-order chi connectivity index (χ1) is 17.3. The Labute approximate surface area is 206 Å². The topological polar surface area (TPSA) is 123 Å². The zero-order valence-electron chi connectivity index (χ0n) is 19.3. The maximum absolute atomic E-state index is 14.0. The molecule has 4 atom stereocenters. The number of carbonyl (C=O) groups is 3. The van der Waals surface area contributed by atoms with Crippen molar-refractivity contribution in [2.45, 2.75) is 18.9 Å². The number of ether oxygens (including phenoxy) is 2. The van der Waals surface area contributed by atoms with E-state index in [1.807, 2.05) is 6.07 Å². The smallest absolute Gasteiger partial charge is 0.487 e. The van der Waals surface area contributed by atoms with Crippen LogP contribution in [0.5, 0.6) is 11.5 Å². The monoisotopic (exact) mass is 495 g/mol. The van der Waals surface area contributed by atoms with Crippen molar-refractivity contribution in [3.05, 3.63) is 71.0 Å². The molecule has 0 bridgehead atoms. The van der Waals surface area contributed by atoms with Crippen molar-refractivity contribution in [2.24, 2.45) is 17.8 Å². The van der Waals surface area contributed by atoms with E-state index in [9.17, 15) is 28.9 Å². The Bertz CT molecular complexity index is 1250. The lowest BCUT2D eigenvalue weighted by molar-refractivity contribution is -0.137. The van der Waals surface area contributed by atoms with Crippen molar-refractivity contribution in [3.8, 4) is 11.5 Å². The van der Waals surface area contributed by atoms with E-state index in [4.69, 9.17) is 9.39 Å². The molecular weight excluding hydrogens is 472 g/mol. The van der Waals surface area contributed by atoms with Gasteiger partial charge in [-0.1, -0.05) is 24.3 Å². The Morgan fingerprint density at radius 1 is 1.17 bits per heavy atom. The molecule has 9 nitrogen and oxygen atoms in total. The van der Waals surface area contributed by atoms with Crippen LogP contribution in [0.2, 0.25) is 0 Å². The second-order valence-electron chi connectivity index (χ2n) is 9.01. The summed E-state index contributed by atoms with van der Waals surface area (Å²) in [6.07, 6.45) is -1.65. The average Bonchev–Trinajstić information content (AvgIpc) is 3.13. The number of hydrogen-bond donors (Lipinski definition) is 2. The van der Waals surface area contributed by atoms with Gasteiger partial charge < -0.3 is 24.3 Å². The number of likely N-dealkylation sites (tertiary alicyclic amines) is 1. The zero-order chi connectivity index (χ0) is 25.6. The summed E-state index contributed by atoms with van der Waals surface area (Å²) in [7, 11) is -0.364. The highest BCUT2D eigenvalue weighted by Crippen LogP contribution is 2.51. The molecule has 0 saturated carbocycles. The highest BCUT2D eigenvalue weighted by molar-refractivity contribution is 6.53. The van der Waals surface area contributed by atoms with Gasteiger partial charge in [-0.15, -0.1) is 0 Å². The fraction of sp³-hybridized carbons (Fsp3) is 0.320. The lowest BCUT2D eigenvalue weighted by atomic mass is 9.55. The first kappa shape index (κ1) is 24.0. The molecule has 3 aliphatic rings. The average molecular weight is 495 g/mol. The number of carbonyl (C=O) groups excluding carboxylic acids is 3. The molecule has 11 heteroatoms. The van der Waals surface area contributed by atoms with Gasteiger partial charge in [0, 0.05) is 0 Å². The molecule has 186 valence electrons. The summed E-state index contributed by atoms with van der Waals surface area (Å²) < 4.78 is 30.4. The first-order valence-corrected chi connectivity index (χ1v) is 11.5. The van der Waals surface area contributed by atoms with Gasteiger partial charge in [0.05, 0.1) is 25.0 Å². The Hall–Kier alpha value is -3.70. The van der Waals surface area contributed by atoms with Crippen molar-refractivity contribution in [1.82, 2.24) is 4.90 Å². The van der Waals surface area contributed by atoms with E-state index in [1.54, 1.807) is 24.3 Å². The number of nitrogens with zero attached hydrogens (tertiary/aromatic N) is 1. The number of phenols is 1. The molecule has 0 aromatic heterocycles. The number of methoxy groups -OCH3 is 1. The standard InChI is InChI=1S/C25H23BFNO8/c1-34-25(32)28-23(30)17-9-14(12-35-15-5-3-2-4-6-15)22-16(21(17)24(28)31)11-20(36-26(22)33)13-7-8-19(29)18(27)10-13/h2-8,10,16-17,20-21,29,33H,9,11-12H2,1H3/t16-,17-,20-,21+/m0/s1. The van der Waals surface area contributed by atoms with E-state index in [-0.39, 0.29) is 19.4 Å². The lowest BCUT2D eigenvalue weighted by Crippen LogP contribution is -2.45. The summed E-state index contributed by atoms with van der Waals surface area (Å²) in [5.41, 5.74) is 1.38. The minimum Gasteiger partial charge on any atom is -0.505 e. The number of allylic oxidation sites excluding steroid dienone is 1. The van der Waals surface area contributed by atoms with Crippen molar-refractivity contribution < 1.29 is 43.0 Å². The van der Waals surface area contributed by atoms with Crippen molar-refractivity contribution >= 4 is 25.0 Å². The van der Waals surface area contributed by atoms with Crippen molar-refractivity contribution in [3.63, 3.8) is 0 Å². The van der Waals surface area contributed by atoms with E-state index in [1.165, 1.54) is 12.1 Å². The molecule has 2 heterocycles. The zero-order valence-corrected chi connectivity index (χ0v) is 19.3. The van der Waals surface area contributed by atoms with Gasteiger partial charge in [0.1, 0.15) is 12.4 Å². The summed E-state index contributed by atoms with van der Waals surface area (Å²) >= 11 is 0. The molecule has 2 N–H and O–H groups in total. The largest absolute Gasteiger partial charge is 0.505 e. The minimum absolute atomic E-state index is 0.0394. The third kappa shape index (κ3) is 4.04. The third-order valence-corrected chi connectivity index (χ3v) is 7.07. The van der Waals surface area contributed by atoms with Crippen LogP contribution >= 0.6 is 0 Å². The van der Waals surface area contributed by atoms with Crippen LogP contribution < -0.4 is 4.74 Å². The lowest BCUT2D eigenvalue weighted by Gasteiger charge is -2.42. The summed E-state index contributed by atoms with van der Waals surface area (Å²) in [6, 6.07) is 12.7. The van der Waals surface area contributed by atoms with Gasteiger partial charge in [0.25, 0.3) is 0 Å². The summed E-state index contributed by atoms with van der Waals surface area (Å²) in [6.45, 7) is 0.0394. The van der Waals surface area contributed by atoms with E-state index in [0.29, 0.717) is 27.3 Å². The molecule has 0 radical (unpaired) electrons. The fourth-order valence-electron chi connectivity index (χ4n) is 5.44. The van der Waals surface area contributed by atoms with Crippen LogP contribution in [0.25, 0.3) is 0 Å². The number of benzene rings is 2. The number of imide groups is 3. The van der Waals surface area contributed by atoms with Gasteiger partial charge in [-0.2, -0.15) is 4.90 Å². The van der Waals surface area contributed by atoms with Gasteiger partial charge in [0.2, 0.25) is 11.8 Å². The number of rotatable bonds is 4. The van der Waals surface area contributed by atoms with Crippen LogP contribution in [0, 0.1) is 23.6 Å². The molecule has 2 aliphatic heterocycles. The van der Waals surface area contributed by atoms with Crippen LogP contribution in [0.15, 0.2) is 59.6 Å². The van der Waals surface area contributed by atoms with Gasteiger partial charge in [0.15, 0.2) is 11.6 Å². The van der Waals surface area contributed by atoms with Crippen molar-refractivity contribution in [1.29, 1.82) is 0 Å². The fourth-order valence-corrected chi connectivity index (χ4v) is 5.44. The van der Waals surface area contributed by atoms with Gasteiger partial charge in [-0.3, -0.25) is 9.59 Å². The maximum Gasteiger partial charge on any atom is 0.487 e. The van der Waals surface area contributed by atoms with Gasteiger partial charge in [-0.25, -0.2) is 9.18 Å². The number of para-hydroxylation sites is 1. The van der Waals surface area contributed by atoms with Crippen LogP contribution in [0.1, 0.15) is 24.5 Å². The van der Waals surface area contributed by atoms with Crippen molar-refractivity contribution in [2.75, 3.05) is 13.7 Å². The minimum atomic E-state index is -1.45. The molecule has 0 unspecified atom stereocenters. The molecule has 1 aliphatic carbocycles. The van der Waals surface area contributed by atoms with Crippen LogP contribution in [0.4, 0.5) is 9.18 Å². The number of amides is 3. The predicted octanol–water partition coefficient (Wildman–Crippen LogP) is 2.78. The predicted molar refractivity (Wildman–Crippen MR) is 123 cm³/mol. The Morgan fingerprint density at radius 3 is 2.61 bits per heavy atom. The summed E-state index contributed by atoms with van der Waals surface area (Å²) in [4.78, 5) is 39.2. The molecule has 5 rings (SSSR count). The number of aromatic hydroxyl groups is 1. The molecule has 2 aromatic carbocycles. The molecule has 2 fully saturated rings. The summed E-state index contributed by atoms with van der Waals surface area (Å²) in [5, 5.41) is 20.6. The second kappa shape index (κ2) is 9.40. The Kier molecular flexibility index (Phi) is 6.27. The Morgan fingerprint density at radius 2 is 1.92 bits per heavy atom. The van der Waals surface area contributed by atoms with Gasteiger partial charge >= 0.3 is 13.2 Å². The SMILES string of the molecule is COC(=O)N1C(=O)[C@H]2[C@H](CC(COc3ccccc3)=C3B(O)O[C@H](c4ccc(O)c(F)c4)C[C@H]32)C1=O. The molecule has 36 heavy (non-hydrogen) atoms. The van der Waals surface area contributed by atoms with Crippen LogP contribution in [0.3, 0.4) is 0 Å². The second-order valence-corrected chi connectivity index (χ2v) is 9.01.